The van der Waals surface area contributed by atoms with Gasteiger partial charge in [-0.15, -0.1) is 5.10 Å². The topological polar surface area (TPSA) is 90.3 Å². The molecule has 2 bridgehead atoms. The average Bonchev–Trinajstić information content (AvgIpc) is 3.57. The lowest BCUT2D eigenvalue weighted by atomic mass is 10.1. The summed E-state index contributed by atoms with van der Waals surface area (Å²) in [4.78, 5) is 12.1. The number of fused-ring (bicyclic) bond motifs is 3. The Balaban J connectivity index is 1.36. The Morgan fingerprint density at radius 2 is 2.07 bits per heavy atom. The fourth-order valence-electron chi connectivity index (χ4n) is 5.30. The summed E-state index contributed by atoms with van der Waals surface area (Å²) in [6, 6.07) is 0.989. The third kappa shape index (κ3) is 3.13. The van der Waals surface area contributed by atoms with Gasteiger partial charge in [0.15, 0.2) is 11.5 Å². The number of piperidine rings is 2. The minimum Gasteiger partial charge on any atom is -0.351 e. The molecule has 0 amide bonds. The standard InChI is InChI=1S/C20H27N9S/c1-30-27-6-4-15(5-7-27)24-20-25-17-11-21-18(14-9-22-23-10-14)19(29(17)26-20)28-12-13-2-3-16(28)8-13/h9-11,13,15-16H,2-8,12H2,1H3,(H,22,23)(H,24,26). The average molecular weight is 426 g/mol. The van der Waals surface area contributed by atoms with Gasteiger partial charge in [0.05, 0.1) is 12.4 Å². The van der Waals surface area contributed by atoms with E-state index in [0.29, 0.717) is 18.0 Å². The molecular formula is C20H27N9S. The molecule has 3 fully saturated rings. The molecule has 0 radical (unpaired) electrons. The molecule has 0 aromatic carbocycles. The molecular weight excluding hydrogens is 398 g/mol. The molecule has 2 unspecified atom stereocenters. The molecule has 2 aliphatic heterocycles. The number of rotatable bonds is 5. The lowest BCUT2D eigenvalue weighted by molar-refractivity contribution is 0.358. The third-order valence-corrected chi connectivity index (χ3v) is 7.73. The van der Waals surface area contributed by atoms with Crippen LogP contribution in [0.5, 0.6) is 0 Å². The molecule has 6 rings (SSSR count). The van der Waals surface area contributed by atoms with Gasteiger partial charge < -0.3 is 10.2 Å². The summed E-state index contributed by atoms with van der Waals surface area (Å²) in [6.07, 6.45) is 13.8. The van der Waals surface area contributed by atoms with E-state index in [1.807, 2.05) is 35.1 Å². The minimum absolute atomic E-state index is 0.415. The molecule has 9 nitrogen and oxygen atoms in total. The molecule has 3 aliphatic rings. The molecule has 3 aromatic heterocycles. The van der Waals surface area contributed by atoms with E-state index < -0.39 is 0 Å². The Morgan fingerprint density at radius 1 is 1.17 bits per heavy atom. The lowest BCUT2D eigenvalue weighted by Crippen LogP contribution is -2.35. The first kappa shape index (κ1) is 18.4. The molecule has 1 aliphatic carbocycles. The fourth-order valence-corrected chi connectivity index (χ4v) is 5.87. The second-order valence-electron chi connectivity index (χ2n) is 8.64. The second-order valence-corrected chi connectivity index (χ2v) is 9.52. The number of nitrogens with zero attached hydrogens (tertiary/aromatic N) is 7. The van der Waals surface area contributed by atoms with Crippen LogP contribution in [0.1, 0.15) is 32.1 Å². The van der Waals surface area contributed by atoms with Crippen molar-refractivity contribution in [2.45, 2.75) is 44.2 Å². The fraction of sp³-hybridized carbons (Fsp3) is 0.600. The van der Waals surface area contributed by atoms with Crippen LogP contribution in [0.25, 0.3) is 16.9 Å². The van der Waals surface area contributed by atoms with E-state index in [4.69, 9.17) is 15.1 Å². The van der Waals surface area contributed by atoms with Crippen LogP contribution < -0.4 is 10.2 Å². The number of H-pyrrole nitrogens is 1. The Bertz CT molecular complexity index is 1020. The van der Waals surface area contributed by atoms with Crippen LogP contribution in [0, 0.1) is 5.92 Å². The zero-order valence-corrected chi connectivity index (χ0v) is 18.0. The zero-order chi connectivity index (χ0) is 20.1. The van der Waals surface area contributed by atoms with Crippen molar-refractivity contribution in [3.05, 3.63) is 18.6 Å². The molecule has 2 N–H and O–H groups in total. The maximum absolute atomic E-state index is 4.91. The Hall–Kier alpha value is -2.33. The van der Waals surface area contributed by atoms with E-state index in [9.17, 15) is 0 Å². The summed E-state index contributed by atoms with van der Waals surface area (Å²) in [7, 11) is 0. The predicted octanol–water partition coefficient (Wildman–Crippen LogP) is 2.66. The van der Waals surface area contributed by atoms with Crippen molar-refractivity contribution in [3.63, 3.8) is 0 Å². The third-order valence-electron chi connectivity index (χ3n) is 6.85. The Morgan fingerprint density at radius 3 is 2.77 bits per heavy atom. The summed E-state index contributed by atoms with van der Waals surface area (Å²) in [6.45, 7) is 3.27. The highest BCUT2D eigenvalue weighted by Crippen LogP contribution is 2.42. The summed E-state index contributed by atoms with van der Waals surface area (Å²) < 4.78 is 4.41. The van der Waals surface area contributed by atoms with Gasteiger partial charge in [-0.2, -0.15) is 14.6 Å². The van der Waals surface area contributed by atoms with Crippen LogP contribution in [0.4, 0.5) is 11.8 Å². The number of nitrogens with one attached hydrogen (secondary N) is 2. The van der Waals surface area contributed by atoms with E-state index >= 15 is 0 Å². The highest BCUT2D eigenvalue weighted by atomic mass is 32.2. The molecule has 10 heteroatoms. The normalized spacial score (nSPS) is 24.9. The smallest absolute Gasteiger partial charge is 0.243 e. The molecule has 2 atom stereocenters. The molecule has 3 aromatic rings. The quantitative estimate of drug-likeness (QED) is 0.603. The zero-order valence-electron chi connectivity index (χ0n) is 17.2. The molecule has 2 saturated heterocycles. The van der Waals surface area contributed by atoms with Gasteiger partial charge in [0.25, 0.3) is 0 Å². The van der Waals surface area contributed by atoms with E-state index in [1.54, 1.807) is 0 Å². The number of hydrogen-bond donors (Lipinski definition) is 2. The molecule has 0 spiro atoms. The van der Waals surface area contributed by atoms with E-state index in [-0.39, 0.29) is 0 Å². The van der Waals surface area contributed by atoms with Crippen LogP contribution in [0.3, 0.4) is 0 Å². The highest BCUT2D eigenvalue weighted by Gasteiger charge is 2.40. The van der Waals surface area contributed by atoms with Crippen molar-refractivity contribution in [2.24, 2.45) is 5.92 Å². The maximum atomic E-state index is 4.91. The highest BCUT2D eigenvalue weighted by molar-refractivity contribution is 7.96. The van der Waals surface area contributed by atoms with Gasteiger partial charge in [-0.05, 0) is 44.3 Å². The monoisotopic (exact) mass is 425 g/mol. The van der Waals surface area contributed by atoms with Crippen LogP contribution in [-0.2, 0) is 0 Å². The van der Waals surface area contributed by atoms with Crippen LogP contribution in [0.15, 0.2) is 18.6 Å². The maximum Gasteiger partial charge on any atom is 0.243 e. The Kier molecular flexibility index (Phi) is 4.56. The van der Waals surface area contributed by atoms with E-state index in [1.165, 1.54) is 19.3 Å². The summed E-state index contributed by atoms with van der Waals surface area (Å²) >= 11 is 1.83. The van der Waals surface area contributed by atoms with Crippen molar-refractivity contribution in [2.75, 3.05) is 36.1 Å². The van der Waals surface area contributed by atoms with E-state index in [2.05, 4.69) is 31.0 Å². The van der Waals surface area contributed by atoms with Gasteiger partial charge in [-0.25, -0.2) is 4.98 Å². The largest absolute Gasteiger partial charge is 0.351 e. The SMILES string of the molecule is CSN1CCC(Nc2nc3cnc(-c4cn[nH]c4)c(N4CC5CCC4C5)n3n2)CC1. The van der Waals surface area contributed by atoms with Crippen molar-refractivity contribution >= 4 is 29.4 Å². The molecule has 1 saturated carbocycles. The number of hydrogen-bond acceptors (Lipinski definition) is 8. The van der Waals surface area contributed by atoms with Gasteiger partial charge in [0.1, 0.15) is 5.69 Å². The Labute approximate surface area is 179 Å². The first-order valence-corrected chi connectivity index (χ1v) is 12.0. The second kappa shape index (κ2) is 7.42. The van der Waals surface area contributed by atoms with Crippen LogP contribution >= 0.6 is 11.9 Å². The van der Waals surface area contributed by atoms with Crippen molar-refractivity contribution in [1.82, 2.24) is 34.1 Å². The van der Waals surface area contributed by atoms with Crippen molar-refractivity contribution in [3.8, 4) is 11.3 Å². The van der Waals surface area contributed by atoms with Crippen LogP contribution in [-0.4, -0.2) is 72.1 Å². The summed E-state index contributed by atoms with van der Waals surface area (Å²) in [5.41, 5.74) is 2.71. The number of anilines is 2. The first-order valence-electron chi connectivity index (χ1n) is 10.9. The van der Waals surface area contributed by atoms with Gasteiger partial charge in [0.2, 0.25) is 5.95 Å². The van der Waals surface area contributed by atoms with Gasteiger partial charge in [-0.1, -0.05) is 11.9 Å². The molecule has 158 valence electrons. The van der Waals surface area contributed by atoms with Crippen molar-refractivity contribution < 1.29 is 0 Å². The molecule has 5 heterocycles. The first-order chi connectivity index (χ1) is 14.8. The van der Waals surface area contributed by atoms with Crippen LogP contribution in [0.2, 0.25) is 0 Å². The number of aromatic nitrogens is 6. The van der Waals surface area contributed by atoms with Gasteiger partial charge >= 0.3 is 0 Å². The lowest BCUT2D eigenvalue weighted by Gasteiger charge is -2.30. The number of aromatic amines is 1. The van der Waals surface area contributed by atoms with Crippen molar-refractivity contribution in [1.29, 1.82) is 0 Å². The molecule has 30 heavy (non-hydrogen) atoms. The van der Waals surface area contributed by atoms with E-state index in [0.717, 1.165) is 61.1 Å². The predicted molar refractivity (Wildman–Crippen MR) is 119 cm³/mol. The minimum atomic E-state index is 0.415. The van der Waals surface area contributed by atoms with Gasteiger partial charge in [0, 0.05) is 43.5 Å². The summed E-state index contributed by atoms with van der Waals surface area (Å²) in [5, 5.41) is 15.6. The summed E-state index contributed by atoms with van der Waals surface area (Å²) in [5.74, 6) is 2.54. The van der Waals surface area contributed by atoms with Gasteiger partial charge in [-0.3, -0.25) is 9.40 Å².